The predicted molar refractivity (Wildman–Crippen MR) is 166 cm³/mol. The van der Waals surface area contributed by atoms with Crippen LogP contribution in [-0.2, 0) is 11.2 Å². The number of piperazine rings is 1. The molecule has 2 aromatic heterocycles. The third kappa shape index (κ3) is 9.37. The van der Waals surface area contributed by atoms with Crippen molar-refractivity contribution in [2.45, 2.75) is 32.9 Å². The van der Waals surface area contributed by atoms with Crippen LogP contribution in [0, 0.1) is 12.7 Å². The quantitative estimate of drug-likeness (QED) is 0.178. The molecule has 15 heteroatoms. The number of nitrogens with zero attached hydrogens (tertiary/aromatic N) is 5. The van der Waals surface area contributed by atoms with Crippen molar-refractivity contribution in [3.8, 4) is 28.5 Å². The molecule has 4 aromatic rings. The molecule has 10 nitrogen and oxygen atoms in total. The number of methoxy groups -OCH3 is 1. The highest BCUT2D eigenvalue weighted by molar-refractivity contribution is 5.77. The zero-order valence-corrected chi connectivity index (χ0v) is 26.1. The molecule has 0 atom stereocenters. The van der Waals surface area contributed by atoms with Crippen LogP contribution in [0.15, 0.2) is 53.1 Å². The van der Waals surface area contributed by atoms with Gasteiger partial charge in [-0.15, -0.1) is 0 Å². The smallest absolute Gasteiger partial charge is 0.490 e. The van der Waals surface area contributed by atoms with E-state index >= 15 is 4.39 Å². The maximum atomic E-state index is 15.1. The lowest BCUT2D eigenvalue weighted by Gasteiger charge is -2.35. The zero-order chi connectivity index (χ0) is 34.1. The lowest BCUT2D eigenvalue weighted by molar-refractivity contribution is -0.192. The summed E-state index contributed by atoms with van der Waals surface area (Å²) in [6.45, 7) is 6.86. The van der Waals surface area contributed by atoms with E-state index in [-0.39, 0.29) is 12.5 Å². The average molecular weight is 663 g/mol. The number of hydrogen-bond donors (Lipinski definition) is 2. The van der Waals surface area contributed by atoms with Gasteiger partial charge in [-0.05, 0) is 61.4 Å². The minimum Gasteiger partial charge on any atom is -0.497 e. The summed E-state index contributed by atoms with van der Waals surface area (Å²) >= 11 is 0. The van der Waals surface area contributed by atoms with Crippen molar-refractivity contribution in [1.82, 2.24) is 19.9 Å². The van der Waals surface area contributed by atoms with Crippen LogP contribution in [0.5, 0.6) is 5.75 Å². The number of aliphatic carboxylic acids is 1. The molecular weight excluding hydrogens is 627 g/mol. The van der Waals surface area contributed by atoms with Crippen LogP contribution in [0.1, 0.15) is 24.8 Å². The van der Waals surface area contributed by atoms with Gasteiger partial charge in [0.15, 0.2) is 11.7 Å². The van der Waals surface area contributed by atoms with Gasteiger partial charge in [0.25, 0.3) is 0 Å². The Bertz CT molecular complexity index is 1660. The second-order valence-corrected chi connectivity index (χ2v) is 10.7. The van der Waals surface area contributed by atoms with E-state index < -0.39 is 12.1 Å². The largest absolute Gasteiger partial charge is 0.497 e. The van der Waals surface area contributed by atoms with Crippen LogP contribution in [0.2, 0.25) is 0 Å². The minimum atomic E-state index is -5.08. The molecule has 1 aliphatic heterocycles. The van der Waals surface area contributed by atoms with Gasteiger partial charge in [-0.1, -0.05) is 6.92 Å². The Labute approximate surface area is 268 Å². The van der Waals surface area contributed by atoms with Crippen LogP contribution in [0.4, 0.5) is 39.3 Å². The summed E-state index contributed by atoms with van der Waals surface area (Å²) in [7, 11) is 1.64. The summed E-state index contributed by atoms with van der Waals surface area (Å²) in [6.07, 6.45) is -1.86. The number of anilines is 3. The van der Waals surface area contributed by atoms with E-state index in [9.17, 15) is 17.6 Å². The van der Waals surface area contributed by atoms with Crippen molar-refractivity contribution < 1.29 is 41.0 Å². The predicted octanol–water partition coefficient (Wildman–Crippen LogP) is 6.68. The molecule has 3 heterocycles. The molecule has 1 aliphatic rings. The van der Waals surface area contributed by atoms with E-state index in [0.717, 1.165) is 23.3 Å². The van der Waals surface area contributed by atoms with E-state index in [2.05, 4.69) is 27.1 Å². The second kappa shape index (κ2) is 15.7. The number of carboxylic acids is 1. The van der Waals surface area contributed by atoms with Gasteiger partial charge in [-0.3, -0.25) is 4.90 Å². The van der Waals surface area contributed by atoms with Gasteiger partial charge in [0, 0.05) is 56.6 Å². The Balaban J connectivity index is 0.000000644. The van der Waals surface area contributed by atoms with Crippen molar-refractivity contribution in [1.29, 1.82) is 0 Å². The van der Waals surface area contributed by atoms with Crippen molar-refractivity contribution >= 4 is 23.3 Å². The SMILES string of the molecule is CCCc1nc(-c2cc(C)cc(OC)c2)c(-c2ccnc(Nc3ccc(N4CCN(CCF)CC4)c(F)c3)n2)o1.O=C(O)C(F)(F)F. The zero-order valence-electron chi connectivity index (χ0n) is 26.1. The van der Waals surface area contributed by atoms with E-state index in [1.54, 1.807) is 31.5 Å². The number of carbonyl (C=O) groups is 1. The van der Waals surface area contributed by atoms with E-state index in [1.165, 1.54) is 6.07 Å². The second-order valence-electron chi connectivity index (χ2n) is 10.7. The summed E-state index contributed by atoms with van der Waals surface area (Å²) in [6, 6.07) is 12.7. The van der Waals surface area contributed by atoms with E-state index in [0.29, 0.717) is 79.5 Å². The molecule has 0 unspecified atom stereocenters. The molecule has 5 rings (SSSR count). The third-order valence-electron chi connectivity index (χ3n) is 7.14. The average Bonchev–Trinajstić information content (AvgIpc) is 3.46. The highest BCUT2D eigenvalue weighted by Gasteiger charge is 2.38. The molecular formula is C32H35F5N6O4. The first-order valence-electron chi connectivity index (χ1n) is 14.8. The van der Waals surface area contributed by atoms with Gasteiger partial charge in [-0.25, -0.2) is 28.5 Å². The molecule has 0 spiro atoms. The standard InChI is InChI=1S/C30H34F2N6O2.C2HF3O2/c1-4-5-27-36-28(21-16-20(2)17-23(18-21)39-3)29(40-27)25-8-10-33-30(35-25)34-22-6-7-26(24(32)19-22)38-14-12-37(11-9-31)13-15-38;3-2(4,5)1(6)7/h6-8,10,16-19H,4-5,9,11-15H2,1-3H3,(H,33,34,35);(H,6,7). The van der Waals surface area contributed by atoms with Crippen molar-refractivity contribution in [2.24, 2.45) is 0 Å². The first kappa shape index (κ1) is 35.1. The number of benzene rings is 2. The number of rotatable bonds is 10. The highest BCUT2D eigenvalue weighted by atomic mass is 19.4. The van der Waals surface area contributed by atoms with Gasteiger partial charge >= 0.3 is 12.1 Å². The fourth-order valence-corrected chi connectivity index (χ4v) is 4.90. The Morgan fingerprint density at radius 1 is 1.09 bits per heavy atom. The van der Waals surface area contributed by atoms with Crippen molar-refractivity contribution in [2.75, 3.05) is 56.7 Å². The maximum Gasteiger partial charge on any atom is 0.490 e. The van der Waals surface area contributed by atoms with Gasteiger partial charge in [-0.2, -0.15) is 13.2 Å². The van der Waals surface area contributed by atoms with E-state index in [1.807, 2.05) is 30.0 Å². The Morgan fingerprint density at radius 3 is 2.43 bits per heavy atom. The summed E-state index contributed by atoms with van der Waals surface area (Å²) in [4.78, 5) is 26.7. The maximum absolute atomic E-state index is 15.1. The first-order chi connectivity index (χ1) is 22.4. The summed E-state index contributed by atoms with van der Waals surface area (Å²) in [5.41, 5.74) is 4.21. The van der Waals surface area contributed by atoms with Crippen LogP contribution >= 0.6 is 0 Å². The molecule has 1 fully saturated rings. The number of hydrogen-bond acceptors (Lipinski definition) is 9. The third-order valence-corrected chi connectivity index (χ3v) is 7.14. The summed E-state index contributed by atoms with van der Waals surface area (Å²) in [5, 5.41) is 10.2. The highest BCUT2D eigenvalue weighted by Crippen LogP contribution is 2.35. The van der Waals surface area contributed by atoms with Crippen LogP contribution < -0.4 is 15.0 Å². The van der Waals surface area contributed by atoms with Gasteiger partial charge < -0.3 is 24.5 Å². The number of alkyl halides is 4. The van der Waals surface area contributed by atoms with Gasteiger partial charge in [0.05, 0.1) is 12.8 Å². The minimum absolute atomic E-state index is 0.311. The summed E-state index contributed by atoms with van der Waals surface area (Å²) in [5.74, 6) is -0.883. The topological polar surface area (TPSA) is 117 Å². The number of aromatic nitrogens is 3. The first-order valence-corrected chi connectivity index (χ1v) is 14.8. The Kier molecular flexibility index (Phi) is 11.7. The van der Waals surface area contributed by atoms with Crippen molar-refractivity contribution in [3.05, 3.63) is 65.9 Å². The molecule has 0 radical (unpaired) electrons. The molecule has 0 amide bonds. The fourth-order valence-electron chi connectivity index (χ4n) is 4.90. The van der Waals surface area contributed by atoms with Crippen molar-refractivity contribution in [3.63, 3.8) is 0 Å². The molecule has 47 heavy (non-hydrogen) atoms. The number of nitrogens with one attached hydrogen (secondary N) is 1. The normalized spacial score (nSPS) is 13.6. The molecule has 0 saturated carbocycles. The Hall–Kier alpha value is -4.79. The number of oxazole rings is 1. The molecule has 2 aromatic carbocycles. The number of ether oxygens (including phenoxy) is 1. The lowest BCUT2D eigenvalue weighted by Crippen LogP contribution is -2.47. The number of halogens is 5. The van der Waals surface area contributed by atoms with E-state index in [4.69, 9.17) is 24.0 Å². The molecule has 252 valence electrons. The fraction of sp³-hybridized carbons (Fsp3) is 0.375. The van der Waals surface area contributed by atoms with Gasteiger partial charge in [0.2, 0.25) is 5.95 Å². The Morgan fingerprint density at radius 2 is 1.81 bits per heavy atom. The van der Waals surface area contributed by atoms with Gasteiger partial charge in [0.1, 0.15) is 29.6 Å². The van der Waals surface area contributed by atoms with Crippen LogP contribution in [-0.4, -0.2) is 83.6 Å². The lowest BCUT2D eigenvalue weighted by atomic mass is 10.1. The van der Waals surface area contributed by atoms with Crippen LogP contribution in [0.25, 0.3) is 22.7 Å². The molecule has 0 bridgehead atoms. The molecule has 1 saturated heterocycles. The monoisotopic (exact) mass is 662 g/mol. The number of carboxylic acid groups (broad SMARTS) is 1. The molecule has 0 aliphatic carbocycles. The van der Waals surface area contributed by atoms with Crippen LogP contribution in [0.3, 0.4) is 0 Å². The summed E-state index contributed by atoms with van der Waals surface area (Å²) < 4.78 is 71.1. The number of aryl methyl sites for hydroxylation is 2. The molecule has 2 N–H and O–H groups in total.